The van der Waals surface area contributed by atoms with Gasteiger partial charge in [0.05, 0.1) is 12.2 Å². The second-order valence-electron chi connectivity index (χ2n) is 11.7. The number of hydrogen-bond donors (Lipinski definition) is 0. The Morgan fingerprint density at radius 1 is 0.634 bits per heavy atom. The van der Waals surface area contributed by atoms with Crippen LogP contribution in [0.2, 0.25) is 0 Å². The van der Waals surface area contributed by atoms with Gasteiger partial charge in [-0.3, -0.25) is 4.79 Å². The number of carbonyl (C=O) groups is 2. The maximum atomic E-state index is 12.3. The summed E-state index contributed by atoms with van der Waals surface area (Å²) in [5, 5.41) is 0. The van der Waals surface area contributed by atoms with E-state index in [2.05, 4.69) is 20.8 Å². The number of benzene rings is 2. The molecule has 2 rings (SSSR count). The van der Waals surface area contributed by atoms with E-state index >= 15 is 0 Å². The van der Waals surface area contributed by atoms with Gasteiger partial charge >= 0.3 is 11.9 Å². The van der Waals surface area contributed by atoms with E-state index in [-0.39, 0.29) is 11.9 Å². The van der Waals surface area contributed by atoms with Gasteiger partial charge in [0.15, 0.2) is 0 Å². The van der Waals surface area contributed by atoms with Gasteiger partial charge in [0.25, 0.3) is 0 Å². The summed E-state index contributed by atoms with van der Waals surface area (Å²) in [6.07, 6.45) is 22.1. The summed E-state index contributed by atoms with van der Waals surface area (Å²) in [7, 11) is 0. The zero-order valence-electron chi connectivity index (χ0n) is 26.3. The maximum Gasteiger partial charge on any atom is 0.338 e. The number of carbonyl (C=O) groups excluding carboxylic acids is 2. The summed E-state index contributed by atoms with van der Waals surface area (Å²) in [5.41, 5.74) is 2.56. The lowest BCUT2D eigenvalue weighted by atomic mass is 10.0. The minimum atomic E-state index is -0.281. The first-order valence-corrected chi connectivity index (χ1v) is 16.6. The third-order valence-electron chi connectivity index (χ3n) is 8.07. The first-order chi connectivity index (χ1) is 20.0. The van der Waals surface area contributed by atoms with Crippen molar-refractivity contribution >= 4 is 11.9 Å². The van der Waals surface area contributed by atoms with Gasteiger partial charge in [-0.05, 0) is 54.2 Å². The fourth-order valence-electron chi connectivity index (χ4n) is 4.98. The van der Waals surface area contributed by atoms with Crippen LogP contribution in [0.15, 0.2) is 48.5 Å². The van der Waals surface area contributed by atoms with Crippen molar-refractivity contribution in [2.24, 2.45) is 5.92 Å². The quantitative estimate of drug-likeness (QED) is 0.0765. The molecule has 1 unspecified atom stereocenters. The Bertz CT molecular complexity index is 948. The van der Waals surface area contributed by atoms with Crippen LogP contribution in [0, 0.1) is 5.92 Å². The summed E-state index contributed by atoms with van der Waals surface area (Å²) >= 11 is 0. The second kappa shape index (κ2) is 22.0. The van der Waals surface area contributed by atoms with Crippen molar-refractivity contribution < 1.29 is 19.1 Å². The smallest absolute Gasteiger partial charge is 0.338 e. The lowest BCUT2D eigenvalue weighted by Crippen LogP contribution is -2.08. The topological polar surface area (TPSA) is 52.6 Å². The molecular weight excluding hydrogens is 508 g/mol. The Balaban J connectivity index is 1.54. The van der Waals surface area contributed by atoms with Crippen molar-refractivity contribution in [3.63, 3.8) is 0 Å². The highest BCUT2D eigenvalue weighted by Crippen LogP contribution is 2.24. The zero-order chi connectivity index (χ0) is 29.5. The van der Waals surface area contributed by atoms with Crippen LogP contribution in [0.4, 0.5) is 0 Å². The van der Waals surface area contributed by atoms with Gasteiger partial charge in [-0.15, -0.1) is 0 Å². The molecule has 0 saturated carbocycles. The molecule has 0 spiro atoms. The minimum Gasteiger partial charge on any atom is -0.462 e. The van der Waals surface area contributed by atoms with Crippen molar-refractivity contribution in [1.82, 2.24) is 0 Å². The van der Waals surface area contributed by atoms with Crippen molar-refractivity contribution in [3.8, 4) is 16.9 Å². The second-order valence-corrected chi connectivity index (χ2v) is 11.7. The summed E-state index contributed by atoms with van der Waals surface area (Å²) in [4.78, 5) is 24.5. The summed E-state index contributed by atoms with van der Waals surface area (Å²) in [6.45, 7) is 7.03. The zero-order valence-corrected chi connectivity index (χ0v) is 26.3. The van der Waals surface area contributed by atoms with Gasteiger partial charge in [-0.2, -0.15) is 0 Å². The van der Waals surface area contributed by atoms with Crippen molar-refractivity contribution in [2.45, 2.75) is 136 Å². The van der Waals surface area contributed by atoms with Crippen LogP contribution in [-0.2, 0) is 9.53 Å². The number of rotatable bonds is 23. The molecule has 0 aromatic heterocycles. The minimum absolute atomic E-state index is 0.163. The fourth-order valence-corrected chi connectivity index (χ4v) is 4.98. The van der Waals surface area contributed by atoms with Crippen molar-refractivity contribution in [3.05, 3.63) is 54.1 Å². The predicted molar refractivity (Wildman–Crippen MR) is 171 cm³/mol. The standard InChI is InChI=1S/C37H56O4/c1-4-6-7-8-9-10-11-12-13-14-15-16-17-18-19-20-36(38)41-35-27-25-33(26-28-35)32-21-23-34(24-22-32)37(39)40-30-29-31(3)5-2/h21-28,31H,4-20,29-30H2,1-3H3. The fraction of sp³-hybridized carbons (Fsp3) is 0.622. The molecule has 0 heterocycles. The van der Waals surface area contributed by atoms with Gasteiger partial charge < -0.3 is 9.47 Å². The third-order valence-corrected chi connectivity index (χ3v) is 8.07. The maximum absolute atomic E-state index is 12.3. The van der Waals surface area contributed by atoms with Gasteiger partial charge in [0.1, 0.15) is 5.75 Å². The molecule has 0 aliphatic carbocycles. The number of unbranched alkanes of at least 4 members (excludes halogenated alkanes) is 14. The van der Waals surface area contributed by atoms with Gasteiger partial charge in [-0.25, -0.2) is 4.79 Å². The molecule has 0 amide bonds. The van der Waals surface area contributed by atoms with Crippen LogP contribution in [0.3, 0.4) is 0 Å². The number of esters is 2. The van der Waals surface area contributed by atoms with E-state index in [0.29, 0.717) is 30.3 Å². The largest absolute Gasteiger partial charge is 0.462 e. The van der Waals surface area contributed by atoms with E-state index in [1.54, 1.807) is 12.1 Å². The lowest BCUT2D eigenvalue weighted by molar-refractivity contribution is -0.134. The normalized spacial score (nSPS) is 11.8. The Morgan fingerprint density at radius 3 is 1.59 bits per heavy atom. The summed E-state index contributed by atoms with van der Waals surface area (Å²) in [5.74, 6) is 0.683. The number of hydrogen-bond acceptors (Lipinski definition) is 4. The molecule has 0 aliphatic rings. The molecule has 41 heavy (non-hydrogen) atoms. The van der Waals surface area contributed by atoms with Gasteiger partial charge in [-0.1, -0.05) is 141 Å². The molecule has 0 saturated heterocycles. The Kier molecular flexibility index (Phi) is 18.6. The molecule has 4 heteroatoms. The van der Waals surface area contributed by atoms with Crippen LogP contribution in [0.5, 0.6) is 5.75 Å². The molecule has 2 aromatic carbocycles. The highest BCUT2D eigenvalue weighted by atomic mass is 16.5. The molecule has 0 N–H and O–H groups in total. The molecule has 228 valence electrons. The third kappa shape index (κ3) is 15.8. The van der Waals surface area contributed by atoms with E-state index in [1.807, 2.05) is 36.4 Å². The van der Waals surface area contributed by atoms with E-state index in [9.17, 15) is 9.59 Å². The monoisotopic (exact) mass is 564 g/mol. The van der Waals surface area contributed by atoms with Crippen molar-refractivity contribution in [1.29, 1.82) is 0 Å². The van der Waals surface area contributed by atoms with Crippen molar-refractivity contribution in [2.75, 3.05) is 6.61 Å². The van der Waals surface area contributed by atoms with E-state index in [1.165, 1.54) is 83.5 Å². The summed E-state index contributed by atoms with van der Waals surface area (Å²) < 4.78 is 10.9. The number of ether oxygens (including phenoxy) is 2. The molecule has 0 aliphatic heterocycles. The summed E-state index contributed by atoms with van der Waals surface area (Å²) in [6, 6.07) is 15.0. The Hall–Kier alpha value is -2.62. The van der Waals surface area contributed by atoms with Crippen LogP contribution >= 0.6 is 0 Å². The lowest BCUT2D eigenvalue weighted by Gasteiger charge is -2.09. The Labute approximate surface area is 250 Å². The predicted octanol–water partition coefficient (Wildman–Crippen LogP) is 11.1. The van der Waals surface area contributed by atoms with Crippen LogP contribution < -0.4 is 4.74 Å². The molecular formula is C37H56O4. The molecule has 4 nitrogen and oxygen atoms in total. The molecule has 1 atom stereocenters. The van der Waals surface area contributed by atoms with Gasteiger partial charge in [0.2, 0.25) is 0 Å². The molecule has 2 aromatic rings. The van der Waals surface area contributed by atoms with Crippen LogP contribution in [0.25, 0.3) is 11.1 Å². The average molecular weight is 565 g/mol. The Morgan fingerprint density at radius 2 is 1.10 bits per heavy atom. The van der Waals surface area contributed by atoms with E-state index in [0.717, 1.165) is 36.8 Å². The first kappa shape index (κ1) is 34.6. The first-order valence-electron chi connectivity index (χ1n) is 16.6. The van der Waals surface area contributed by atoms with E-state index in [4.69, 9.17) is 9.47 Å². The SMILES string of the molecule is CCCCCCCCCCCCCCCCCC(=O)Oc1ccc(-c2ccc(C(=O)OCCC(C)CC)cc2)cc1. The van der Waals surface area contributed by atoms with E-state index < -0.39 is 0 Å². The molecule has 0 fully saturated rings. The highest BCUT2D eigenvalue weighted by molar-refractivity contribution is 5.90. The average Bonchev–Trinajstić information content (AvgIpc) is 2.99. The van der Waals surface area contributed by atoms with Gasteiger partial charge in [0, 0.05) is 6.42 Å². The van der Waals surface area contributed by atoms with Crippen LogP contribution in [-0.4, -0.2) is 18.5 Å². The highest BCUT2D eigenvalue weighted by Gasteiger charge is 2.10. The van der Waals surface area contributed by atoms with Crippen LogP contribution in [0.1, 0.15) is 147 Å². The molecule has 0 bridgehead atoms. The molecule has 0 radical (unpaired) electrons.